The molecule has 0 unspecified atom stereocenters. The Labute approximate surface area is 387 Å². The van der Waals surface area contributed by atoms with E-state index < -0.39 is 11.9 Å². The molecule has 340 valence electrons. The van der Waals surface area contributed by atoms with Crippen LogP contribution in [0.25, 0.3) is 60.7 Å². The third-order valence-electron chi connectivity index (χ3n) is 15.9. The summed E-state index contributed by atoms with van der Waals surface area (Å²) >= 11 is 0. The molecule has 2 saturated carbocycles. The number of H-pyrrole nitrogens is 1. The van der Waals surface area contributed by atoms with Crippen molar-refractivity contribution in [2.75, 3.05) is 0 Å². The maximum Gasteiger partial charge on any atom is 0.335 e. The number of hydrogen-bond acceptors (Lipinski definition) is 2. The molecule has 2 aliphatic heterocycles. The molecule has 8 nitrogen and oxygen atoms in total. The van der Waals surface area contributed by atoms with Crippen molar-refractivity contribution in [3.05, 3.63) is 124 Å². The minimum absolute atomic E-state index is 0.377. The first-order chi connectivity index (χ1) is 32.3. The summed E-state index contributed by atoms with van der Waals surface area (Å²) in [6, 6.07) is 23.2. The molecule has 2 aliphatic carbocycles. The minimum Gasteiger partial charge on any atom is -0.478 e. The Bertz CT molecular complexity index is 3160. The number of rotatable bonds is 8. The summed E-state index contributed by atoms with van der Waals surface area (Å²) in [5.74, 6) is 0.650. The van der Waals surface area contributed by atoms with Gasteiger partial charge in [-0.25, -0.2) is 9.59 Å². The van der Waals surface area contributed by atoms with Crippen molar-refractivity contribution in [2.45, 2.75) is 154 Å². The van der Waals surface area contributed by atoms with E-state index in [4.69, 9.17) is 0 Å². The molecule has 4 aromatic carbocycles. The van der Waals surface area contributed by atoms with Crippen LogP contribution >= 0.6 is 0 Å². The molecule has 8 heteroatoms. The summed E-state index contributed by atoms with van der Waals surface area (Å²) in [4.78, 5) is 27.2. The monoisotopic (exact) mass is 880 g/mol. The quantitative estimate of drug-likeness (QED) is 0.141. The molecular formula is C58H64N4O4. The zero-order valence-electron chi connectivity index (χ0n) is 38.9. The van der Waals surface area contributed by atoms with Crippen LogP contribution in [0.5, 0.6) is 0 Å². The van der Waals surface area contributed by atoms with Crippen LogP contribution < -0.4 is 0 Å². The van der Waals surface area contributed by atoms with Crippen molar-refractivity contribution in [2.24, 2.45) is 0 Å². The number of aromatic amines is 1. The SMILES string of the molecule is CCCc1cc2c3c(ccn3-c3c(C4CCCCC4)c4ccc(C(=O)O)cc4n3CCC2)c1.CCCc1ccc2[nH]cc3c2c1CCCn1c-3c(C2CCCCC2)c2ccc(C(=O)O)cc21. The first-order valence-corrected chi connectivity index (χ1v) is 25.4. The van der Waals surface area contributed by atoms with Crippen LogP contribution in [-0.2, 0) is 38.8 Å². The molecule has 4 aliphatic rings. The first kappa shape index (κ1) is 42.6. The van der Waals surface area contributed by atoms with Gasteiger partial charge in [-0.1, -0.05) is 89.5 Å². The maximum atomic E-state index is 11.8. The number of aryl methyl sites for hydroxylation is 6. The minimum atomic E-state index is -0.852. The van der Waals surface area contributed by atoms with E-state index in [1.165, 1.54) is 147 Å². The van der Waals surface area contributed by atoms with Gasteiger partial charge in [-0.15, -0.1) is 0 Å². The van der Waals surface area contributed by atoms with Crippen molar-refractivity contribution in [3.63, 3.8) is 0 Å². The van der Waals surface area contributed by atoms with Crippen LogP contribution in [0.4, 0.5) is 0 Å². The molecule has 0 amide bonds. The number of aromatic nitrogens is 4. The second-order valence-electron chi connectivity index (χ2n) is 20.0. The molecular weight excluding hydrogens is 817 g/mol. The number of nitrogens with zero attached hydrogens (tertiary/aromatic N) is 3. The standard InChI is InChI=1S/2C29H32N2O2/c1-2-7-18-12-14-24-27-21(18)10-6-15-31-25-16-20(29(32)33)11-13-22(25)26(19-8-4-3-5-9-19)28(31)23(27)17-30-24;1-2-7-19-16-21-10-6-14-30-25-18-23(29(32)33)11-12-24(25)26(20-8-4-3-5-9-20)28(30)31-15-13-22(17-19)27(21)31/h11-14,16-17,19,30H,2-10,15H2,1H3,(H,32,33);11-13,15-18,20H,2-10,14H2,1H3,(H,32,33). The Morgan fingerprint density at radius 3 is 1.98 bits per heavy atom. The number of fused-ring (bicyclic) bond motifs is 8. The predicted octanol–water partition coefficient (Wildman–Crippen LogP) is 14.7. The molecule has 12 rings (SSSR count). The van der Waals surface area contributed by atoms with Crippen molar-refractivity contribution >= 4 is 55.6 Å². The Hall–Kier alpha value is -6.02. The van der Waals surface area contributed by atoms with E-state index in [1.807, 2.05) is 12.1 Å². The molecule has 3 N–H and O–H groups in total. The highest BCUT2D eigenvalue weighted by Gasteiger charge is 2.32. The summed E-state index contributed by atoms with van der Waals surface area (Å²) in [6.07, 6.45) is 25.9. The highest BCUT2D eigenvalue weighted by molar-refractivity contribution is 6.05. The highest BCUT2D eigenvalue weighted by atomic mass is 16.4. The van der Waals surface area contributed by atoms with E-state index in [2.05, 4.69) is 87.4 Å². The van der Waals surface area contributed by atoms with Gasteiger partial charge in [0.15, 0.2) is 0 Å². The highest BCUT2D eigenvalue weighted by Crippen LogP contribution is 2.48. The number of benzene rings is 4. The van der Waals surface area contributed by atoms with E-state index in [0.717, 1.165) is 75.5 Å². The summed E-state index contributed by atoms with van der Waals surface area (Å²) in [7, 11) is 0. The van der Waals surface area contributed by atoms with Crippen LogP contribution in [0, 0.1) is 0 Å². The van der Waals surface area contributed by atoms with Gasteiger partial charge in [0.1, 0.15) is 5.82 Å². The van der Waals surface area contributed by atoms with Gasteiger partial charge in [0.25, 0.3) is 0 Å². The number of hydrogen-bond donors (Lipinski definition) is 3. The largest absolute Gasteiger partial charge is 0.478 e. The molecule has 0 spiro atoms. The number of carboxylic acids is 2. The molecule has 0 bridgehead atoms. The Morgan fingerprint density at radius 2 is 1.30 bits per heavy atom. The fourth-order valence-corrected chi connectivity index (χ4v) is 13.0. The van der Waals surface area contributed by atoms with Gasteiger partial charge in [0.05, 0.1) is 27.9 Å². The summed E-state index contributed by atoms with van der Waals surface area (Å²) in [5.41, 5.74) is 16.9. The summed E-state index contributed by atoms with van der Waals surface area (Å²) in [6.45, 7) is 6.35. The van der Waals surface area contributed by atoms with Crippen LogP contribution in [0.2, 0.25) is 0 Å². The average molecular weight is 881 g/mol. The molecule has 0 radical (unpaired) electrons. The van der Waals surface area contributed by atoms with Crippen molar-refractivity contribution in [1.29, 1.82) is 0 Å². The van der Waals surface area contributed by atoms with E-state index in [0.29, 0.717) is 23.0 Å². The van der Waals surface area contributed by atoms with Gasteiger partial charge in [0, 0.05) is 69.2 Å². The number of carbonyl (C=O) groups is 2. The third kappa shape index (κ3) is 7.26. The predicted molar refractivity (Wildman–Crippen MR) is 268 cm³/mol. The lowest BCUT2D eigenvalue weighted by Gasteiger charge is -2.25. The topological polar surface area (TPSA) is 105 Å². The zero-order chi connectivity index (χ0) is 45.1. The van der Waals surface area contributed by atoms with E-state index >= 15 is 0 Å². The first-order valence-electron chi connectivity index (χ1n) is 25.4. The Morgan fingerprint density at radius 1 is 0.667 bits per heavy atom. The second kappa shape index (κ2) is 17.7. The van der Waals surface area contributed by atoms with Gasteiger partial charge in [-0.05, 0) is 146 Å². The van der Waals surface area contributed by atoms with Crippen molar-refractivity contribution in [1.82, 2.24) is 18.7 Å². The second-order valence-corrected chi connectivity index (χ2v) is 20.0. The smallest absolute Gasteiger partial charge is 0.335 e. The fraction of sp³-hybridized carbons (Fsp3) is 0.414. The lowest BCUT2D eigenvalue weighted by molar-refractivity contribution is 0.0686. The molecule has 4 aromatic heterocycles. The van der Waals surface area contributed by atoms with Gasteiger partial charge in [-0.2, -0.15) is 0 Å². The van der Waals surface area contributed by atoms with E-state index in [1.54, 1.807) is 12.1 Å². The van der Waals surface area contributed by atoms with Gasteiger partial charge in [0.2, 0.25) is 0 Å². The summed E-state index contributed by atoms with van der Waals surface area (Å²) < 4.78 is 7.31. The van der Waals surface area contributed by atoms with Crippen LogP contribution in [0.15, 0.2) is 79.1 Å². The molecule has 0 saturated heterocycles. The number of carboxylic acid groups (broad SMARTS) is 2. The zero-order valence-corrected chi connectivity index (χ0v) is 38.9. The van der Waals surface area contributed by atoms with Crippen molar-refractivity contribution in [3.8, 4) is 17.1 Å². The molecule has 2 fully saturated rings. The molecule has 6 heterocycles. The Balaban J connectivity index is 0.000000146. The third-order valence-corrected chi connectivity index (χ3v) is 15.9. The lowest BCUT2D eigenvalue weighted by Crippen LogP contribution is -2.14. The van der Waals surface area contributed by atoms with E-state index in [-0.39, 0.29) is 0 Å². The van der Waals surface area contributed by atoms with Crippen molar-refractivity contribution < 1.29 is 19.8 Å². The van der Waals surface area contributed by atoms with Crippen LogP contribution in [-0.4, -0.2) is 40.8 Å². The fourth-order valence-electron chi connectivity index (χ4n) is 13.0. The number of nitrogens with one attached hydrogen (secondary N) is 1. The molecule has 0 atom stereocenters. The summed E-state index contributed by atoms with van der Waals surface area (Å²) in [5, 5.41) is 24.6. The Kier molecular flexibility index (Phi) is 11.4. The average Bonchev–Trinajstić information content (AvgIpc) is 4.09. The van der Waals surface area contributed by atoms with Gasteiger partial charge < -0.3 is 28.9 Å². The molecule has 8 aromatic rings. The molecule has 66 heavy (non-hydrogen) atoms. The maximum absolute atomic E-state index is 11.8. The van der Waals surface area contributed by atoms with E-state index in [9.17, 15) is 19.8 Å². The number of aromatic carboxylic acids is 2. The van der Waals surface area contributed by atoms with Gasteiger partial charge >= 0.3 is 11.9 Å². The van der Waals surface area contributed by atoms with Crippen LogP contribution in [0.1, 0.15) is 170 Å². The normalized spacial score (nSPS) is 16.6. The lowest BCUT2D eigenvalue weighted by atomic mass is 9.81. The van der Waals surface area contributed by atoms with Crippen LogP contribution in [0.3, 0.4) is 0 Å². The van der Waals surface area contributed by atoms with Gasteiger partial charge in [-0.3, -0.25) is 0 Å².